The molecule has 0 unspecified atom stereocenters. The van der Waals surface area contributed by atoms with Gasteiger partial charge in [0, 0.05) is 23.6 Å². The third kappa shape index (κ3) is 3.82. The Balaban J connectivity index is 1.33. The number of thioether (sulfide) groups is 1. The molecule has 0 saturated heterocycles. The van der Waals surface area contributed by atoms with Gasteiger partial charge in [-0.1, -0.05) is 28.9 Å². The first kappa shape index (κ1) is 18.7. The summed E-state index contributed by atoms with van der Waals surface area (Å²) >= 11 is 1.67. The minimum atomic E-state index is -0.228. The van der Waals surface area contributed by atoms with Crippen molar-refractivity contribution in [2.45, 2.75) is 43.9 Å². The summed E-state index contributed by atoms with van der Waals surface area (Å²) < 4.78 is 11.1. The van der Waals surface area contributed by atoms with Crippen molar-refractivity contribution < 1.29 is 13.7 Å². The van der Waals surface area contributed by atoms with Crippen molar-refractivity contribution in [1.29, 1.82) is 0 Å². The number of amides is 1. The molecule has 1 atom stereocenters. The molecule has 7 nitrogen and oxygen atoms in total. The van der Waals surface area contributed by atoms with Crippen LogP contribution in [0.2, 0.25) is 0 Å². The predicted octanol–water partition coefficient (Wildman–Crippen LogP) is 4.13. The third-order valence-electron chi connectivity index (χ3n) is 5.03. The van der Waals surface area contributed by atoms with Crippen LogP contribution in [0.4, 0.5) is 0 Å². The lowest BCUT2D eigenvalue weighted by molar-refractivity contribution is 0.0894. The molecule has 0 aliphatic heterocycles. The second-order valence-corrected chi connectivity index (χ2v) is 8.32. The van der Waals surface area contributed by atoms with Gasteiger partial charge in [0.25, 0.3) is 5.91 Å². The first-order chi connectivity index (χ1) is 13.5. The van der Waals surface area contributed by atoms with Crippen molar-refractivity contribution in [3.63, 3.8) is 0 Å². The van der Waals surface area contributed by atoms with Crippen LogP contribution in [0, 0.1) is 6.92 Å². The average Bonchev–Trinajstić information content (AvgIpc) is 3.33. The van der Waals surface area contributed by atoms with Crippen LogP contribution in [-0.2, 0) is 0 Å². The molecule has 2 aromatic heterocycles. The molecule has 146 valence electrons. The van der Waals surface area contributed by atoms with E-state index in [1.54, 1.807) is 17.8 Å². The number of aromatic nitrogens is 3. The third-order valence-corrected chi connectivity index (χ3v) is 5.93. The van der Waals surface area contributed by atoms with Gasteiger partial charge in [-0.05, 0) is 39.0 Å². The fraction of sp³-hybridized carbons (Fsp3) is 0.400. The van der Waals surface area contributed by atoms with E-state index in [1.807, 2.05) is 44.4 Å². The minimum Gasteiger partial charge on any atom is -0.424 e. The molecule has 1 amide bonds. The summed E-state index contributed by atoms with van der Waals surface area (Å²) in [7, 11) is 0. The van der Waals surface area contributed by atoms with E-state index in [9.17, 15) is 4.79 Å². The van der Waals surface area contributed by atoms with Crippen molar-refractivity contribution in [3.05, 3.63) is 53.4 Å². The van der Waals surface area contributed by atoms with Gasteiger partial charge in [0.05, 0.1) is 5.25 Å². The van der Waals surface area contributed by atoms with E-state index < -0.39 is 0 Å². The van der Waals surface area contributed by atoms with Crippen LogP contribution in [-0.4, -0.2) is 33.6 Å². The summed E-state index contributed by atoms with van der Waals surface area (Å²) in [5, 5.41) is 15.4. The fourth-order valence-electron chi connectivity index (χ4n) is 3.19. The van der Waals surface area contributed by atoms with Crippen LogP contribution < -0.4 is 5.32 Å². The summed E-state index contributed by atoms with van der Waals surface area (Å²) in [5.74, 6) is 1.86. The number of nitrogens with zero attached hydrogens (tertiary/aromatic N) is 3. The Morgan fingerprint density at radius 1 is 1.29 bits per heavy atom. The number of benzene rings is 1. The zero-order valence-corrected chi connectivity index (χ0v) is 16.8. The molecule has 1 fully saturated rings. The number of hydrogen-bond acceptors (Lipinski definition) is 7. The largest absolute Gasteiger partial charge is 0.424 e. The van der Waals surface area contributed by atoms with Gasteiger partial charge in [-0.2, -0.15) is 11.8 Å². The molecule has 0 bridgehead atoms. The minimum absolute atomic E-state index is 0.0740. The zero-order valence-electron chi connectivity index (χ0n) is 16.0. The van der Waals surface area contributed by atoms with Crippen molar-refractivity contribution >= 4 is 17.7 Å². The number of carbonyl (C=O) groups excluding carboxylic acids is 1. The molecular formula is C20H22N4O3S. The molecule has 1 N–H and O–H groups in total. The van der Waals surface area contributed by atoms with Crippen LogP contribution in [0.5, 0.6) is 0 Å². The van der Waals surface area contributed by atoms with Crippen molar-refractivity contribution in [2.24, 2.45) is 0 Å². The highest BCUT2D eigenvalue weighted by Gasteiger charge is 2.36. The van der Waals surface area contributed by atoms with Crippen LogP contribution in [0.3, 0.4) is 0 Å². The smallest absolute Gasteiger partial charge is 0.273 e. The van der Waals surface area contributed by atoms with E-state index in [0.29, 0.717) is 17.5 Å². The summed E-state index contributed by atoms with van der Waals surface area (Å²) in [4.78, 5) is 12.4. The normalized spacial score (nSPS) is 19.8. The number of carbonyl (C=O) groups is 1. The lowest BCUT2D eigenvalue weighted by atomic mass is 9.80. The average molecular weight is 398 g/mol. The van der Waals surface area contributed by atoms with Gasteiger partial charge >= 0.3 is 0 Å². The highest BCUT2D eigenvalue weighted by molar-refractivity contribution is 7.98. The Hall–Kier alpha value is -2.61. The number of nitrogens with one attached hydrogen (secondary N) is 1. The van der Waals surface area contributed by atoms with Crippen molar-refractivity contribution in [1.82, 2.24) is 20.7 Å². The molecule has 1 aliphatic carbocycles. The molecule has 4 rings (SSSR count). The van der Waals surface area contributed by atoms with Gasteiger partial charge in [-0.3, -0.25) is 4.79 Å². The topological polar surface area (TPSA) is 94.1 Å². The molecule has 8 heteroatoms. The maximum atomic E-state index is 12.4. The lowest BCUT2D eigenvalue weighted by Crippen LogP contribution is -2.43. The maximum Gasteiger partial charge on any atom is 0.273 e. The second-order valence-electron chi connectivity index (χ2n) is 7.14. The summed E-state index contributed by atoms with van der Waals surface area (Å²) in [6.45, 7) is 4.04. The van der Waals surface area contributed by atoms with Gasteiger partial charge in [0.1, 0.15) is 0 Å². The number of hydrogen-bond donors (Lipinski definition) is 1. The molecule has 0 spiro atoms. The standard InChI is InChI=1S/C20H22N4O3S/c1-11-5-4-6-13(7-11)17-10-16(24-27-17)18(25)21-15-8-14(9-15)20-23-22-19(26-20)12(2)28-3/h4-7,10,12,14-15H,8-9H2,1-3H3,(H,21,25)/t12-,14-,15-/m1/s1. The Labute approximate surface area is 167 Å². The highest BCUT2D eigenvalue weighted by atomic mass is 32.2. The van der Waals surface area contributed by atoms with Crippen LogP contribution in [0.25, 0.3) is 11.3 Å². The van der Waals surface area contributed by atoms with Crippen molar-refractivity contribution in [2.75, 3.05) is 6.26 Å². The second kappa shape index (κ2) is 7.79. The molecule has 1 aromatic carbocycles. The molecule has 28 heavy (non-hydrogen) atoms. The first-order valence-corrected chi connectivity index (χ1v) is 10.5. The van der Waals surface area contributed by atoms with E-state index in [2.05, 4.69) is 20.7 Å². The quantitative estimate of drug-likeness (QED) is 0.667. The molecule has 0 radical (unpaired) electrons. The number of rotatable bonds is 6. The van der Waals surface area contributed by atoms with E-state index in [1.165, 1.54) is 0 Å². The van der Waals surface area contributed by atoms with Gasteiger partial charge in [-0.15, -0.1) is 10.2 Å². The van der Waals surface area contributed by atoms with E-state index >= 15 is 0 Å². The van der Waals surface area contributed by atoms with E-state index in [-0.39, 0.29) is 28.8 Å². The van der Waals surface area contributed by atoms with Crippen molar-refractivity contribution in [3.8, 4) is 11.3 Å². The molecular weight excluding hydrogens is 376 g/mol. The number of aryl methyl sites for hydroxylation is 1. The maximum absolute atomic E-state index is 12.4. The van der Waals surface area contributed by atoms with Crippen LogP contribution >= 0.6 is 11.8 Å². The van der Waals surface area contributed by atoms with Crippen LogP contribution in [0.15, 0.2) is 39.3 Å². The zero-order chi connectivity index (χ0) is 19.7. The van der Waals surface area contributed by atoms with Gasteiger partial charge < -0.3 is 14.3 Å². The Morgan fingerprint density at radius 3 is 2.86 bits per heavy atom. The molecule has 1 aliphatic rings. The van der Waals surface area contributed by atoms with E-state index in [4.69, 9.17) is 8.94 Å². The summed E-state index contributed by atoms with van der Waals surface area (Å²) in [6, 6.07) is 9.63. The fourth-order valence-corrected chi connectivity index (χ4v) is 3.49. The van der Waals surface area contributed by atoms with Crippen LogP contribution in [0.1, 0.15) is 58.8 Å². The molecule has 2 heterocycles. The van der Waals surface area contributed by atoms with E-state index in [0.717, 1.165) is 24.0 Å². The molecule has 1 saturated carbocycles. The molecule has 3 aromatic rings. The predicted molar refractivity (Wildman–Crippen MR) is 106 cm³/mol. The Morgan fingerprint density at radius 2 is 2.11 bits per heavy atom. The van der Waals surface area contributed by atoms with Gasteiger partial charge in [-0.25, -0.2) is 0 Å². The first-order valence-electron chi connectivity index (χ1n) is 9.24. The SMILES string of the molecule is CS[C@H](C)c1nnc([C@H]2C[C@H](NC(=O)c3cc(-c4cccc(C)c4)on3)C2)o1. The Bertz CT molecular complexity index is 977. The highest BCUT2D eigenvalue weighted by Crippen LogP contribution is 2.37. The monoisotopic (exact) mass is 398 g/mol. The Kier molecular flexibility index (Phi) is 5.21. The summed E-state index contributed by atoms with van der Waals surface area (Å²) in [6.07, 6.45) is 3.57. The lowest BCUT2D eigenvalue weighted by Gasteiger charge is -2.33. The van der Waals surface area contributed by atoms with Gasteiger partial charge in [0.15, 0.2) is 11.5 Å². The van der Waals surface area contributed by atoms with Gasteiger partial charge in [0.2, 0.25) is 11.8 Å². The summed E-state index contributed by atoms with van der Waals surface area (Å²) in [5.41, 5.74) is 2.31.